The van der Waals surface area contributed by atoms with Crippen LogP contribution in [0.25, 0.3) is 0 Å². The minimum atomic E-state index is 0.537. The topological polar surface area (TPSA) is 0 Å². The maximum Gasteiger partial charge on any atom is 0.00713 e. The second-order valence-corrected chi connectivity index (χ2v) is 6.93. The Kier molecular flexibility index (Phi) is 3.16. The summed E-state index contributed by atoms with van der Waals surface area (Å²) >= 11 is 0. The quantitative estimate of drug-likeness (QED) is 0.455. The summed E-state index contributed by atoms with van der Waals surface area (Å²) in [5.74, 6) is 0.996. The van der Waals surface area contributed by atoms with Crippen molar-refractivity contribution in [1.82, 2.24) is 0 Å². The van der Waals surface area contributed by atoms with E-state index in [9.17, 15) is 0 Å². The third-order valence-electron chi connectivity index (χ3n) is 2.78. The maximum absolute atomic E-state index is 2.36. The average Bonchev–Trinajstić information content (AvgIpc) is 2.32. The van der Waals surface area contributed by atoms with E-state index in [1.165, 1.54) is 29.5 Å². The number of hydrogen-bond acceptors (Lipinski definition) is 0. The fraction of sp³-hybridized carbons (Fsp3) is 0.818. The Balaban J connectivity index is 2.33. The van der Waals surface area contributed by atoms with Gasteiger partial charge in [-0.3, -0.25) is 0 Å². The molecule has 0 aromatic rings. The second-order valence-electron chi connectivity index (χ2n) is 5.44. The van der Waals surface area contributed by atoms with E-state index >= 15 is 0 Å². The van der Waals surface area contributed by atoms with Gasteiger partial charge in [-0.2, -0.15) is 0 Å². The van der Waals surface area contributed by atoms with Crippen molar-refractivity contribution in [3.63, 3.8) is 0 Å². The molecule has 0 amide bonds. The van der Waals surface area contributed by atoms with E-state index in [-0.39, 0.29) is 0 Å². The summed E-state index contributed by atoms with van der Waals surface area (Å²) in [6, 6.07) is 0. The summed E-state index contributed by atoms with van der Waals surface area (Å²) in [6.45, 7) is 7.08. The van der Waals surface area contributed by atoms with Crippen LogP contribution in [0.5, 0.6) is 0 Å². The predicted molar refractivity (Wildman–Crippen MR) is 59.6 cm³/mol. The lowest BCUT2D eigenvalue weighted by Gasteiger charge is -2.27. The summed E-state index contributed by atoms with van der Waals surface area (Å²) in [7, 11) is 1.37. The Bertz CT molecular complexity index is 156. The molecule has 0 aliphatic heterocycles. The molecule has 1 aliphatic rings. The first-order valence-corrected chi connectivity index (χ1v) is 6.29. The number of allylic oxidation sites excluding steroid dienone is 2. The molecule has 1 rings (SSSR count). The van der Waals surface area contributed by atoms with Gasteiger partial charge in [0.25, 0.3) is 0 Å². The minimum Gasteiger partial charge on any atom is -0.0882 e. The van der Waals surface area contributed by atoms with Gasteiger partial charge in [-0.05, 0) is 30.6 Å². The standard InChI is InChI=1S/C11H22Si/c1-11(2,3)8-10(12)9-6-4-5-7-9/h4-5,9-10H,6-8H2,1-3,12H3. The van der Waals surface area contributed by atoms with E-state index in [0.29, 0.717) is 5.41 Å². The van der Waals surface area contributed by atoms with Crippen molar-refractivity contribution in [3.05, 3.63) is 12.2 Å². The first kappa shape index (κ1) is 10.0. The third kappa shape index (κ3) is 3.14. The average molecular weight is 182 g/mol. The zero-order chi connectivity index (χ0) is 9.19. The first-order chi connectivity index (χ1) is 5.49. The largest absolute Gasteiger partial charge is 0.0882 e. The lowest BCUT2D eigenvalue weighted by atomic mass is 9.85. The number of hydrogen-bond donors (Lipinski definition) is 0. The monoisotopic (exact) mass is 182 g/mol. The van der Waals surface area contributed by atoms with Crippen LogP contribution in [0.1, 0.15) is 40.0 Å². The van der Waals surface area contributed by atoms with Crippen molar-refractivity contribution >= 4 is 10.2 Å². The van der Waals surface area contributed by atoms with Crippen LogP contribution in [-0.2, 0) is 0 Å². The first-order valence-electron chi connectivity index (χ1n) is 5.14. The Hall–Kier alpha value is -0.0431. The molecule has 0 aromatic heterocycles. The summed E-state index contributed by atoms with van der Waals surface area (Å²) in [6.07, 6.45) is 8.84. The van der Waals surface area contributed by atoms with Gasteiger partial charge >= 0.3 is 0 Å². The van der Waals surface area contributed by atoms with Gasteiger partial charge in [-0.1, -0.05) is 38.5 Å². The molecule has 0 saturated carbocycles. The SMILES string of the molecule is CC(C)(C)CC([SiH3])C1CC=CC1. The number of rotatable bonds is 2. The molecule has 0 heterocycles. The molecule has 0 spiro atoms. The van der Waals surface area contributed by atoms with Crippen LogP contribution in [-0.4, -0.2) is 10.2 Å². The Labute approximate surface area is 79.9 Å². The van der Waals surface area contributed by atoms with E-state index in [2.05, 4.69) is 32.9 Å². The van der Waals surface area contributed by atoms with E-state index in [1.807, 2.05) is 0 Å². The van der Waals surface area contributed by atoms with Gasteiger partial charge in [0.15, 0.2) is 0 Å². The van der Waals surface area contributed by atoms with E-state index in [1.54, 1.807) is 0 Å². The van der Waals surface area contributed by atoms with Gasteiger partial charge < -0.3 is 0 Å². The van der Waals surface area contributed by atoms with E-state index in [4.69, 9.17) is 0 Å². The van der Waals surface area contributed by atoms with Gasteiger partial charge in [-0.15, -0.1) is 0 Å². The third-order valence-corrected chi connectivity index (χ3v) is 4.13. The molecule has 0 radical (unpaired) electrons. The highest BCUT2D eigenvalue weighted by atomic mass is 28.1. The van der Waals surface area contributed by atoms with Crippen LogP contribution < -0.4 is 0 Å². The molecule has 0 N–H and O–H groups in total. The van der Waals surface area contributed by atoms with E-state index in [0.717, 1.165) is 11.5 Å². The van der Waals surface area contributed by atoms with Crippen molar-refractivity contribution in [2.75, 3.05) is 0 Å². The fourth-order valence-corrected chi connectivity index (χ4v) is 4.00. The summed E-state index contributed by atoms with van der Waals surface area (Å²) in [5.41, 5.74) is 1.56. The highest BCUT2D eigenvalue weighted by Gasteiger charge is 2.22. The highest BCUT2D eigenvalue weighted by Crippen LogP contribution is 2.36. The normalized spacial score (nSPS) is 21.9. The zero-order valence-electron chi connectivity index (χ0n) is 8.93. The lowest BCUT2D eigenvalue weighted by Crippen LogP contribution is -2.15. The Morgan fingerprint density at radius 1 is 1.33 bits per heavy atom. The molecule has 0 aromatic carbocycles. The lowest BCUT2D eigenvalue weighted by molar-refractivity contribution is 0.328. The predicted octanol–water partition coefficient (Wildman–Crippen LogP) is 2.54. The second kappa shape index (κ2) is 3.78. The van der Waals surface area contributed by atoms with Gasteiger partial charge in [0.2, 0.25) is 0 Å². The Morgan fingerprint density at radius 3 is 2.25 bits per heavy atom. The summed E-state index contributed by atoms with van der Waals surface area (Å²) < 4.78 is 0. The van der Waals surface area contributed by atoms with Crippen molar-refractivity contribution in [3.8, 4) is 0 Å². The summed E-state index contributed by atoms with van der Waals surface area (Å²) in [5, 5.41) is 0. The summed E-state index contributed by atoms with van der Waals surface area (Å²) in [4.78, 5) is 0. The van der Waals surface area contributed by atoms with Crippen LogP contribution in [0.15, 0.2) is 12.2 Å². The molecule has 12 heavy (non-hydrogen) atoms. The van der Waals surface area contributed by atoms with Gasteiger partial charge in [0.05, 0.1) is 0 Å². The molecule has 1 atom stereocenters. The van der Waals surface area contributed by atoms with Crippen LogP contribution in [0.3, 0.4) is 0 Å². The van der Waals surface area contributed by atoms with Gasteiger partial charge in [0, 0.05) is 10.2 Å². The Morgan fingerprint density at radius 2 is 1.83 bits per heavy atom. The smallest absolute Gasteiger partial charge is 0.00713 e. The van der Waals surface area contributed by atoms with Gasteiger partial charge in [0.1, 0.15) is 0 Å². The maximum atomic E-state index is 2.36. The van der Waals surface area contributed by atoms with Crippen molar-refractivity contribution in [2.45, 2.75) is 45.6 Å². The molecular formula is C11H22Si. The van der Waals surface area contributed by atoms with Gasteiger partial charge in [-0.25, -0.2) is 0 Å². The highest BCUT2D eigenvalue weighted by molar-refractivity contribution is 6.11. The fourth-order valence-electron chi connectivity index (χ4n) is 2.24. The zero-order valence-corrected chi connectivity index (χ0v) is 10.9. The van der Waals surface area contributed by atoms with Crippen LogP contribution in [0, 0.1) is 11.3 Å². The van der Waals surface area contributed by atoms with Crippen LogP contribution in [0.2, 0.25) is 5.54 Å². The molecule has 1 aliphatic carbocycles. The van der Waals surface area contributed by atoms with Crippen LogP contribution in [0.4, 0.5) is 0 Å². The molecule has 0 nitrogen and oxygen atoms in total. The van der Waals surface area contributed by atoms with Crippen molar-refractivity contribution in [2.24, 2.45) is 11.3 Å². The molecule has 70 valence electrons. The molecular weight excluding hydrogens is 160 g/mol. The van der Waals surface area contributed by atoms with Crippen molar-refractivity contribution < 1.29 is 0 Å². The van der Waals surface area contributed by atoms with E-state index < -0.39 is 0 Å². The van der Waals surface area contributed by atoms with Crippen molar-refractivity contribution in [1.29, 1.82) is 0 Å². The molecule has 1 unspecified atom stereocenters. The molecule has 1 heteroatoms. The molecule has 0 saturated heterocycles. The van der Waals surface area contributed by atoms with Crippen LogP contribution >= 0.6 is 0 Å². The molecule has 0 bridgehead atoms. The minimum absolute atomic E-state index is 0.537. The molecule has 0 fully saturated rings.